The van der Waals surface area contributed by atoms with E-state index in [4.69, 9.17) is 4.74 Å². The first-order valence-corrected chi connectivity index (χ1v) is 12.8. The van der Waals surface area contributed by atoms with Crippen molar-refractivity contribution >= 4 is 46.0 Å². The van der Waals surface area contributed by atoms with Crippen molar-refractivity contribution in [2.45, 2.75) is 49.0 Å². The molecule has 3 N–H and O–H groups in total. The van der Waals surface area contributed by atoms with Crippen molar-refractivity contribution in [3.8, 4) is 5.88 Å². The van der Waals surface area contributed by atoms with Crippen molar-refractivity contribution in [3.63, 3.8) is 0 Å². The fourth-order valence-electron chi connectivity index (χ4n) is 4.82. The Morgan fingerprint density at radius 3 is 2.89 bits per heavy atom. The number of pyridine rings is 2. The summed E-state index contributed by atoms with van der Waals surface area (Å²) in [5.41, 5.74) is 3.22. The molecule has 0 unspecified atom stereocenters. The van der Waals surface area contributed by atoms with Crippen molar-refractivity contribution in [2.24, 2.45) is 5.92 Å². The van der Waals surface area contributed by atoms with Crippen LogP contribution in [0.2, 0.25) is 0 Å². The molecular weight excluding hydrogens is 464 g/mol. The lowest BCUT2D eigenvalue weighted by Crippen LogP contribution is -2.38. The maximum atomic E-state index is 12.9. The lowest BCUT2D eigenvalue weighted by Gasteiger charge is -2.35. The number of thioether (sulfide) groups is 1. The molecule has 8 nitrogen and oxygen atoms in total. The standard InChI is InChI=1S/C26H28N4O4S/c1-34-23-5-3-19-24(30-23)16(9-13-27-19)6-10-26(33)11-7-17(8-12-26)25(32)28-18-2-4-21-20(14-18)29-22(31)15-35-21/h2-5,9,13-14,17,33H,6-8,10-12,15H2,1H3,(H,28,32)(H,29,31). The molecule has 3 heterocycles. The SMILES string of the molecule is COc1ccc2nccc(CCC3(O)CCC(C(=O)Nc4ccc5c(c4)NC(=O)CS5)CC3)c2n1. The fraction of sp³-hybridized carbons (Fsp3) is 0.385. The molecule has 35 heavy (non-hydrogen) atoms. The summed E-state index contributed by atoms with van der Waals surface area (Å²) in [5.74, 6) is 0.719. The maximum Gasteiger partial charge on any atom is 0.234 e. The Kier molecular flexibility index (Phi) is 6.62. The summed E-state index contributed by atoms with van der Waals surface area (Å²) in [6, 6.07) is 11.2. The highest BCUT2D eigenvalue weighted by molar-refractivity contribution is 8.00. The molecule has 0 radical (unpaired) electrons. The summed E-state index contributed by atoms with van der Waals surface area (Å²) < 4.78 is 5.25. The summed E-state index contributed by atoms with van der Waals surface area (Å²) in [5, 5.41) is 17.1. The van der Waals surface area contributed by atoms with Gasteiger partial charge in [-0.25, -0.2) is 4.98 Å². The number of carbonyl (C=O) groups excluding carboxylic acids is 2. The first kappa shape index (κ1) is 23.6. The van der Waals surface area contributed by atoms with E-state index in [2.05, 4.69) is 20.6 Å². The second-order valence-electron chi connectivity index (χ2n) is 9.23. The van der Waals surface area contributed by atoms with Crippen molar-refractivity contribution < 1.29 is 19.4 Å². The number of hydrogen-bond donors (Lipinski definition) is 3. The Bertz CT molecular complexity index is 1270. The number of benzene rings is 1. The van der Waals surface area contributed by atoms with Crippen LogP contribution in [0.4, 0.5) is 11.4 Å². The van der Waals surface area contributed by atoms with Crippen LogP contribution in [0.25, 0.3) is 11.0 Å². The van der Waals surface area contributed by atoms with E-state index in [1.165, 1.54) is 11.8 Å². The van der Waals surface area contributed by atoms with Crippen LogP contribution in [0.5, 0.6) is 5.88 Å². The van der Waals surface area contributed by atoms with Gasteiger partial charge in [0.2, 0.25) is 17.7 Å². The van der Waals surface area contributed by atoms with Crippen molar-refractivity contribution in [1.29, 1.82) is 0 Å². The zero-order valence-corrected chi connectivity index (χ0v) is 20.4. The van der Waals surface area contributed by atoms with Gasteiger partial charge in [-0.2, -0.15) is 0 Å². The molecule has 2 aliphatic rings. The number of hydrogen-bond acceptors (Lipinski definition) is 7. The number of aromatic nitrogens is 2. The Morgan fingerprint density at radius 2 is 2.09 bits per heavy atom. The first-order chi connectivity index (χ1) is 16.9. The van der Waals surface area contributed by atoms with E-state index >= 15 is 0 Å². The topological polar surface area (TPSA) is 113 Å². The first-order valence-electron chi connectivity index (χ1n) is 11.8. The van der Waals surface area contributed by atoms with Gasteiger partial charge >= 0.3 is 0 Å². The quantitative estimate of drug-likeness (QED) is 0.473. The fourth-order valence-corrected chi connectivity index (χ4v) is 5.60. The molecule has 0 spiro atoms. The van der Waals surface area contributed by atoms with Crippen molar-refractivity contribution in [3.05, 3.63) is 48.2 Å². The summed E-state index contributed by atoms with van der Waals surface area (Å²) in [6.07, 6.45) is 5.43. The predicted octanol–water partition coefficient (Wildman–Crippen LogP) is 4.18. The number of rotatable bonds is 6. The van der Waals surface area contributed by atoms with E-state index in [1.54, 1.807) is 25.4 Å². The number of carbonyl (C=O) groups is 2. The summed E-state index contributed by atoms with van der Waals surface area (Å²) in [6.45, 7) is 0. The molecule has 5 rings (SSSR count). The van der Waals surface area contributed by atoms with Gasteiger partial charge in [0.15, 0.2) is 0 Å². The number of amides is 2. The Balaban J connectivity index is 1.18. The van der Waals surface area contributed by atoms with Gasteiger partial charge in [0.25, 0.3) is 0 Å². The van der Waals surface area contributed by atoms with Crippen LogP contribution in [-0.2, 0) is 16.0 Å². The number of nitrogens with zero attached hydrogens (tertiary/aromatic N) is 2. The number of ether oxygens (including phenoxy) is 1. The van der Waals surface area contributed by atoms with Crippen LogP contribution < -0.4 is 15.4 Å². The third-order valence-corrected chi connectivity index (χ3v) is 7.95. The van der Waals surface area contributed by atoms with E-state index in [9.17, 15) is 14.7 Å². The van der Waals surface area contributed by atoms with Crippen LogP contribution in [0, 0.1) is 5.92 Å². The molecule has 2 amide bonds. The van der Waals surface area contributed by atoms with E-state index in [-0.39, 0.29) is 17.7 Å². The smallest absolute Gasteiger partial charge is 0.234 e. The third kappa shape index (κ3) is 5.26. The van der Waals surface area contributed by atoms with Gasteiger partial charge in [-0.3, -0.25) is 14.6 Å². The highest BCUT2D eigenvalue weighted by Gasteiger charge is 2.35. The monoisotopic (exact) mass is 492 g/mol. The minimum atomic E-state index is -0.807. The molecule has 0 bridgehead atoms. The van der Waals surface area contributed by atoms with E-state index < -0.39 is 5.60 Å². The lowest BCUT2D eigenvalue weighted by molar-refractivity contribution is -0.122. The van der Waals surface area contributed by atoms with Gasteiger partial charge in [0.1, 0.15) is 0 Å². The Labute approximate surface area is 207 Å². The molecule has 1 aliphatic carbocycles. The van der Waals surface area contributed by atoms with Gasteiger partial charge < -0.3 is 20.5 Å². The summed E-state index contributed by atoms with van der Waals surface area (Å²) in [7, 11) is 1.59. The summed E-state index contributed by atoms with van der Waals surface area (Å²) >= 11 is 1.49. The molecular formula is C26H28N4O4S. The van der Waals surface area contributed by atoms with E-state index in [0.29, 0.717) is 55.8 Å². The number of anilines is 2. The van der Waals surface area contributed by atoms with E-state index in [1.807, 2.05) is 24.3 Å². The minimum absolute atomic E-state index is 0.0350. The second kappa shape index (κ2) is 9.83. The average Bonchev–Trinajstić information content (AvgIpc) is 2.87. The van der Waals surface area contributed by atoms with Crippen LogP contribution in [-0.4, -0.2) is 45.4 Å². The predicted molar refractivity (Wildman–Crippen MR) is 136 cm³/mol. The Hall–Kier alpha value is -3.17. The molecule has 1 saturated carbocycles. The number of nitrogens with one attached hydrogen (secondary N) is 2. The molecule has 1 aromatic carbocycles. The van der Waals surface area contributed by atoms with Gasteiger partial charge in [0.05, 0.1) is 35.2 Å². The van der Waals surface area contributed by atoms with Crippen molar-refractivity contribution in [1.82, 2.24) is 9.97 Å². The highest BCUT2D eigenvalue weighted by Crippen LogP contribution is 2.37. The lowest BCUT2D eigenvalue weighted by atomic mass is 9.76. The van der Waals surface area contributed by atoms with Gasteiger partial charge in [0, 0.05) is 28.8 Å². The van der Waals surface area contributed by atoms with Gasteiger partial charge in [-0.05, 0) is 74.4 Å². The normalized spacial score (nSPS) is 21.8. The Morgan fingerprint density at radius 1 is 1.26 bits per heavy atom. The highest BCUT2D eigenvalue weighted by atomic mass is 32.2. The number of aryl methyl sites for hydroxylation is 1. The number of methoxy groups -OCH3 is 1. The molecule has 0 atom stereocenters. The van der Waals surface area contributed by atoms with E-state index in [0.717, 1.165) is 27.2 Å². The van der Waals surface area contributed by atoms with Gasteiger partial charge in [-0.1, -0.05) is 0 Å². The molecule has 0 saturated heterocycles. The zero-order chi connectivity index (χ0) is 24.4. The van der Waals surface area contributed by atoms with Crippen LogP contribution >= 0.6 is 11.8 Å². The molecule has 3 aromatic rings. The zero-order valence-electron chi connectivity index (χ0n) is 19.5. The van der Waals surface area contributed by atoms with Crippen molar-refractivity contribution in [2.75, 3.05) is 23.5 Å². The minimum Gasteiger partial charge on any atom is -0.481 e. The van der Waals surface area contributed by atoms with Gasteiger partial charge in [-0.15, -0.1) is 11.8 Å². The van der Waals surface area contributed by atoms with Crippen LogP contribution in [0.1, 0.15) is 37.7 Å². The number of aliphatic hydroxyl groups is 1. The number of fused-ring (bicyclic) bond motifs is 2. The molecule has 2 aromatic heterocycles. The molecule has 9 heteroatoms. The molecule has 182 valence electrons. The second-order valence-corrected chi connectivity index (χ2v) is 10.2. The average molecular weight is 493 g/mol. The van der Waals surface area contributed by atoms with Crippen LogP contribution in [0.3, 0.4) is 0 Å². The largest absolute Gasteiger partial charge is 0.481 e. The third-order valence-electron chi connectivity index (χ3n) is 6.88. The maximum absolute atomic E-state index is 12.9. The summed E-state index contributed by atoms with van der Waals surface area (Å²) in [4.78, 5) is 34.5. The molecule has 1 aliphatic heterocycles. The molecule has 1 fully saturated rings. The van der Waals surface area contributed by atoms with Crippen LogP contribution in [0.15, 0.2) is 47.5 Å².